The fraction of sp³-hybridized carbons (Fsp3) is 0. The fourth-order valence-corrected chi connectivity index (χ4v) is 8.09. The first kappa shape index (κ1) is 26.1. The standard InChI is InChI=1S/C51H30N4O2/c1-2-14-31(15-3-1)49-52-50(32-28-29-37-35-18-6-10-26-44(35)56-46(37)30-32)54-51(53-49)41-23-12-20-38(40-22-13-21-39-36-19-7-11-27-45(36)57-48(39)40)47(41)55-42-24-8-4-16-33(42)34-17-5-9-25-43(34)55/h1-30H/i4D,5D,16D,17D,24D,25D. The van der Waals surface area contributed by atoms with Crippen LogP contribution < -0.4 is 0 Å². The number of fused-ring (bicyclic) bond motifs is 9. The number of benzene rings is 8. The lowest BCUT2D eigenvalue weighted by molar-refractivity contribution is 0.669. The molecule has 4 heterocycles. The Morgan fingerprint density at radius 2 is 0.982 bits per heavy atom. The molecule has 0 bridgehead atoms. The van der Waals surface area contributed by atoms with Gasteiger partial charge in [0.2, 0.25) is 0 Å². The summed E-state index contributed by atoms with van der Waals surface area (Å²) in [5.41, 5.74) is 6.88. The van der Waals surface area contributed by atoms with Crippen LogP contribution in [0.25, 0.3) is 117 Å². The molecule has 0 aliphatic carbocycles. The maximum atomic E-state index is 9.41. The van der Waals surface area contributed by atoms with Crippen LogP contribution in [0.4, 0.5) is 0 Å². The largest absolute Gasteiger partial charge is 0.456 e. The normalized spacial score (nSPS) is 13.3. The monoisotopic (exact) mass is 736 g/mol. The molecule has 4 aromatic heterocycles. The second kappa shape index (κ2) is 12.3. The van der Waals surface area contributed by atoms with E-state index in [1.807, 2.05) is 133 Å². The number of hydrogen-bond donors (Lipinski definition) is 0. The highest BCUT2D eigenvalue weighted by Gasteiger charge is 2.24. The molecule has 0 spiro atoms. The molecule has 6 heteroatoms. The van der Waals surface area contributed by atoms with Crippen molar-refractivity contribution >= 4 is 65.7 Å². The van der Waals surface area contributed by atoms with Crippen LogP contribution >= 0.6 is 0 Å². The molecule has 6 nitrogen and oxygen atoms in total. The van der Waals surface area contributed by atoms with E-state index in [1.165, 1.54) is 12.1 Å². The maximum absolute atomic E-state index is 9.41. The van der Waals surface area contributed by atoms with E-state index in [9.17, 15) is 5.48 Å². The third-order valence-electron chi connectivity index (χ3n) is 10.6. The highest BCUT2D eigenvalue weighted by Crippen LogP contribution is 2.44. The third-order valence-corrected chi connectivity index (χ3v) is 10.6. The van der Waals surface area contributed by atoms with Crippen LogP contribution in [0.2, 0.25) is 0 Å². The van der Waals surface area contributed by atoms with Crippen molar-refractivity contribution in [3.8, 4) is 51.0 Å². The van der Waals surface area contributed by atoms with Gasteiger partial charge >= 0.3 is 0 Å². The van der Waals surface area contributed by atoms with Gasteiger partial charge in [0.05, 0.1) is 24.9 Å². The number of hydrogen-bond acceptors (Lipinski definition) is 5. The van der Waals surface area contributed by atoms with Crippen molar-refractivity contribution in [2.75, 3.05) is 0 Å². The van der Waals surface area contributed by atoms with Crippen molar-refractivity contribution in [3.05, 3.63) is 182 Å². The Labute approximate surface area is 334 Å². The maximum Gasteiger partial charge on any atom is 0.166 e. The van der Waals surface area contributed by atoms with Crippen LogP contribution in [-0.4, -0.2) is 19.5 Å². The molecule has 0 atom stereocenters. The minimum Gasteiger partial charge on any atom is -0.456 e. The topological polar surface area (TPSA) is 69.9 Å². The van der Waals surface area contributed by atoms with Crippen LogP contribution in [-0.2, 0) is 0 Å². The molecule has 0 N–H and O–H groups in total. The molecule has 266 valence electrons. The summed E-state index contributed by atoms with van der Waals surface area (Å²) in [5, 5.41) is 4.05. The Balaban J connectivity index is 1.23. The molecule has 0 saturated carbocycles. The summed E-state index contributed by atoms with van der Waals surface area (Å²) in [6, 6.07) is 44.4. The lowest BCUT2D eigenvalue weighted by atomic mass is 9.97. The molecular formula is C51H30N4O2. The van der Waals surface area contributed by atoms with Crippen LogP contribution in [0.5, 0.6) is 0 Å². The molecule has 8 aromatic carbocycles. The lowest BCUT2D eigenvalue weighted by Gasteiger charge is -2.19. The molecule has 0 saturated heterocycles. The Morgan fingerprint density at radius 1 is 0.404 bits per heavy atom. The zero-order valence-corrected chi connectivity index (χ0v) is 30.0. The minimum absolute atomic E-state index is 0.0873. The highest BCUT2D eigenvalue weighted by atomic mass is 16.3. The number of aromatic nitrogens is 4. The van der Waals surface area contributed by atoms with Gasteiger partial charge in [0.25, 0.3) is 0 Å². The van der Waals surface area contributed by atoms with Crippen molar-refractivity contribution in [1.82, 2.24) is 19.5 Å². The van der Waals surface area contributed by atoms with Crippen LogP contribution in [0.1, 0.15) is 8.22 Å². The van der Waals surface area contributed by atoms with Crippen LogP contribution in [0, 0.1) is 0 Å². The van der Waals surface area contributed by atoms with E-state index in [1.54, 1.807) is 4.57 Å². The number of nitrogens with zero attached hydrogens (tertiary/aromatic N) is 4. The highest BCUT2D eigenvalue weighted by molar-refractivity contribution is 6.13. The van der Waals surface area contributed by atoms with Crippen molar-refractivity contribution in [1.29, 1.82) is 0 Å². The molecule has 0 aliphatic heterocycles. The van der Waals surface area contributed by atoms with Crippen molar-refractivity contribution < 1.29 is 17.1 Å². The van der Waals surface area contributed by atoms with E-state index in [2.05, 4.69) is 0 Å². The van der Waals surface area contributed by atoms with E-state index in [-0.39, 0.29) is 63.9 Å². The summed E-state index contributed by atoms with van der Waals surface area (Å²) in [6.45, 7) is 0. The predicted molar refractivity (Wildman–Crippen MR) is 230 cm³/mol. The van der Waals surface area contributed by atoms with Crippen molar-refractivity contribution in [2.24, 2.45) is 0 Å². The fourth-order valence-electron chi connectivity index (χ4n) is 8.09. The van der Waals surface area contributed by atoms with E-state index in [0.717, 1.165) is 32.7 Å². The van der Waals surface area contributed by atoms with E-state index in [0.29, 0.717) is 56.3 Å². The first-order valence-electron chi connectivity index (χ1n) is 21.5. The third kappa shape index (κ3) is 4.87. The number of para-hydroxylation sites is 6. The summed E-state index contributed by atoms with van der Waals surface area (Å²) in [6.07, 6.45) is 0. The van der Waals surface area contributed by atoms with Gasteiger partial charge in [-0.1, -0.05) is 139 Å². The van der Waals surface area contributed by atoms with Crippen LogP contribution in [0.3, 0.4) is 0 Å². The average molecular weight is 737 g/mol. The lowest BCUT2D eigenvalue weighted by Crippen LogP contribution is -2.05. The molecule has 12 rings (SSSR count). The van der Waals surface area contributed by atoms with Crippen LogP contribution in [0.15, 0.2) is 191 Å². The predicted octanol–water partition coefficient (Wildman–Crippen LogP) is 13.4. The molecule has 0 aliphatic rings. The Hall–Kier alpha value is -7.83. The molecule has 0 amide bonds. The first-order valence-corrected chi connectivity index (χ1v) is 18.5. The van der Waals surface area contributed by atoms with Gasteiger partial charge in [-0.3, -0.25) is 0 Å². The van der Waals surface area contributed by atoms with Gasteiger partial charge in [-0.2, -0.15) is 0 Å². The first-order chi connectivity index (χ1) is 30.7. The zero-order valence-electron chi connectivity index (χ0n) is 36.0. The van der Waals surface area contributed by atoms with Gasteiger partial charge in [0.15, 0.2) is 17.5 Å². The van der Waals surface area contributed by atoms with Gasteiger partial charge in [-0.15, -0.1) is 0 Å². The summed E-state index contributed by atoms with van der Waals surface area (Å²) in [7, 11) is 0. The van der Waals surface area contributed by atoms with Gasteiger partial charge in [-0.05, 0) is 42.4 Å². The van der Waals surface area contributed by atoms with E-state index < -0.39 is 0 Å². The van der Waals surface area contributed by atoms with E-state index in [4.69, 9.17) is 26.5 Å². The summed E-state index contributed by atoms with van der Waals surface area (Å²) >= 11 is 0. The second-order valence-corrected chi connectivity index (χ2v) is 13.9. The quantitative estimate of drug-likeness (QED) is 0.176. The Bertz CT molecular complexity index is 3820. The summed E-state index contributed by atoms with van der Waals surface area (Å²) in [4.78, 5) is 15.4. The van der Waals surface area contributed by atoms with Crippen molar-refractivity contribution in [2.45, 2.75) is 0 Å². The molecule has 0 fully saturated rings. The van der Waals surface area contributed by atoms with Crippen molar-refractivity contribution in [3.63, 3.8) is 0 Å². The summed E-state index contributed by atoms with van der Waals surface area (Å²) in [5.74, 6) is 1.05. The Morgan fingerprint density at radius 3 is 1.75 bits per heavy atom. The molecule has 0 radical (unpaired) electrons. The number of rotatable bonds is 5. The molecule has 12 aromatic rings. The van der Waals surface area contributed by atoms with Gasteiger partial charge in [0.1, 0.15) is 22.3 Å². The van der Waals surface area contributed by atoms with Gasteiger partial charge < -0.3 is 13.4 Å². The molecule has 57 heavy (non-hydrogen) atoms. The molecule has 0 unspecified atom stereocenters. The summed E-state index contributed by atoms with van der Waals surface area (Å²) < 4.78 is 69.2. The average Bonchev–Trinajstić information content (AvgIpc) is 4.00. The smallest absolute Gasteiger partial charge is 0.166 e. The zero-order chi connectivity index (χ0) is 42.7. The second-order valence-electron chi connectivity index (χ2n) is 13.9. The van der Waals surface area contributed by atoms with E-state index >= 15 is 0 Å². The SMILES string of the molecule is [2H]c1cc([2H])c2c(c1[2H])c1c([2H])c([2H])cc([2H])c1n2-c1c(-c2nc(-c3ccccc3)nc(-c3ccc4c(c3)oc3ccccc34)n2)cccc1-c1cccc2c1oc1ccccc12. The molecular weight excluding hydrogens is 701 g/mol. The number of furan rings is 2. The minimum atomic E-state index is -0.212. The van der Waals surface area contributed by atoms with Gasteiger partial charge in [0, 0.05) is 60.1 Å². The van der Waals surface area contributed by atoms with Gasteiger partial charge in [-0.25, -0.2) is 15.0 Å². The Kier molecular flexibility index (Phi) is 5.64.